The minimum Gasteiger partial charge on any atom is -0.337 e. The number of carbonyl (C=O) groups is 1. The molecule has 1 amide bonds. The quantitative estimate of drug-likeness (QED) is 0.837. The molecule has 2 rings (SSSR count). The van der Waals surface area contributed by atoms with E-state index in [4.69, 9.17) is 0 Å². The van der Waals surface area contributed by atoms with Crippen molar-refractivity contribution in [1.29, 1.82) is 0 Å². The predicted octanol–water partition coefficient (Wildman–Crippen LogP) is 4.03. The third kappa shape index (κ3) is 3.44. The molecule has 0 N–H and O–H groups in total. The number of hydrogen-bond donors (Lipinski definition) is 0. The minimum atomic E-state index is 0.0565. The second-order valence-electron chi connectivity index (χ2n) is 4.60. The zero-order chi connectivity index (χ0) is 13.8. The van der Waals surface area contributed by atoms with Crippen molar-refractivity contribution in [3.63, 3.8) is 0 Å². The highest BCUT2D eigenvalue weighted by molar-refractivity contribution is 9.10. The first kappa shape index (κ1) is 13.8. The standard InChI is InChI=1S/C16H16BrNO/c1-12-5-3-4-6-15(12)16(19)18(2)11-13-7-9-14(17)10-8-13/h3-10H,11H2,1-2H3. The third-order valence-corrected chi connectivity index (χ3v) is 3.58. The molecule has 0 aliphatic heterocycles. The minimum absolute atomic E-state index is 0.0565. The summed E-state index contributed by atoms with van der Waals surface area (Å²) in [6.45, 7) is 2.57. The highest BCUT2D eigenvalue weighted by Gasteiger charge is 2.13. The molecule has 0 fully saturated rings. The summed E-state index contributed by atoms with van der Waals surface area (Å²) in [5, 5.41) is 0. The van der Waals surface area contributed by atoms with Gasteiger partial charge in [-0.25, -0.2) is 0 Å². The molecule has 2 nitrogen and oxygen atoms in total. The van der Waals surface area contributed by atoms with Crippen molar-refractivity contribution < 1.29 is 4.79 Å². The van der Waals surface area contributed by atoms with E-state index in [1.165, 1.54) is 0 Å². The van der Waals surface area contributed by atoms with E-state index >= 15 is 0 Å². The Bertz CT molecular complexity index is 578. The molecule has 0 unspecified atom stereocenters. The van der Waals surface area contributed by atoms with Crippen molar-refractivity contribution in [2.45, 2.75) is 13.5 Å². The molecule has 3 heteroatoms. The van der Waals surface area contributed by atoms with Gasteiger partial charge in [-0.1, -0.05) is 46.3 Å². The maximum absolute atomic E-state index is 12.4. The monoisotopic (exact) mass is 317 g/mol. The van der Waals surface area contributed by atoms with Gasteiger partial charge in [0.25, 0.3) is 5.91 Å². The molecule has 0 saturated heterocycles. The summed E-state index contributed by atoms with van der Waals surface area (Å²) in [4.78, 5) is 14.1. The number of rotatable bonds is 3. The Morgan fingerprint density at radius 3 is 2.37 bits per heavy atom. The second kappa shape index (κ2) is 6.02. The van der Waals surface area contributed by atoms with Crippen LogP contribution >= 0.6 is 15.9 Å². The first-order chi connectivity index (χ1) is 9.08. The molecule has 19 heavy (non-hydrogen) atoms. The molecule has 0 aliphatic carbocycles. The highest BCUT2D eigenvalue weighted by Crippen LogP contribution is 2.14. The van der Waals surface area contributed by atoms with Gasteiger partial charge in [-0.05, 0) is 36.2 Å². The van der Waals surface area contributed by atoms with Crippen LogP contribution < -0.4 is 0 Å². The zero-order valence-electron chi connectivity index (χ0n) is 11.1. The van der Waals surface area contributed by atoms with Crippen molar-refractivity contribution >= 4 is 21.8 Å². The lowest BCUT2D eigenvalue weighted by Crippen LogP contribution is -2.26. The van der Waals surface area contributed by atoms with Crippen LogP contribution in [0.25, 0.3) is 0 Å². The van der Waals surface area contributed by atoms with Crippen LogP contribution in [-0.2, 0) is 6.54 Å². The van der Waals surface area contributed by atoms with Crippen molar-refractivity contribution in [2.75, 3.05) is 7.05 Å². The summed E-state index contributed by atoms with van der Waals surface area (Å²) in [6, 6.07) is 15.7. The van der Waals surface area contributed by atoms with Gasteiger partial charge in [0.1, 0.15) is 0 Å². The first-order valence-corrected chi connectivity index (χ1v) is 6.93. The molecule has 2 aromatic rings. The number of amides is 1. The molecule has 0 spiro atoms. The molecule has 98 valence electrons. The molecule has 2 aromatic carbocycles. The Kier molecular flexibility index (Phi) is 4.38. The normalized spacial score (nSPS) is 10.3. The number of benzene rings is 2. The van der Waals surface area contributed by atoms with Crippen molar-refractivity contribution in [3.8, 4) is 0 Å². The van der Waals surface area contributed by atoms with Crippen LogP contribution in [-0.4, -0.2) is 17.9 Å². The van der Waals surface area contributed by atoms with Gasteiger partial charge in [0.2, 0.25) is 0 Å². The zero-order valence-corrected chi connectivity index (χ0v) is 12.6. The number of nitrogens with zero attached hydrogens (tertiary/aromatic N) is 1. The fourth-order valence-electron chi connectivity index (χ4n) is 1.95. The Morgan fingerprint density at radius 2 is 1.74 bits per heavy atom. The molecule has 0 aromatic heterocycles. The van der Waals surface area contributed by atoms with E-state index in [1.807, 2.05) is 62.5 Å². The van der Waals surface area contributed by atoms with Gasteiger partial charge >= 0.3 is 0 Å². The molecular weight excluding hydrogens is 302 g/mol. The smallest absolute Gasteiger partial charge is 0.254 e. The largest absolute Gasteiger partial charge is 0.337 e. The fourth-order valence-corrected chi connectivity index (χ4v) is 2.22. The maximum atomic E-state index is 12.4. The SMILES string of the molecule is Cc1ccccc1C(=O)N(C)Cc1ccc(Br)cc1. The Morgan fingerprint density at radius 1 is 1.11 bits per heavy atom. The highest BCUT2D eigenvalue weighted by atomic mass is 79.9. The summed E-state index contributed by atoms with van der Waals surface area (Å²) >= 11 is 3.41. The van der Waals surface area contributed by atoms with Crippen LogP contribution in [0, 0.1) is 6.92 Å². The summed E-state index contributed by atoms with van der Waals surface area (Å²) in [6.07, 6.45) is 0. The van der Waals surface area contributed by atoms with E-state index in [9.17, 15) is 4.79 Å². The van der Waals surface area contributed by atoms with E-state index in [2.05, 4.69) is 15.9 Å². The molecule has 0 aliphatic rings. The summed E-state index contributed by atoms with van der Waals surface area (Å²) in [5.74, 6) is 0.0565. The molecule has 0 saturated carbocycles. The van der Waals surface area contributed by atoms with Crippen molar-refractivity contribution in [2.24, 2.45) is 0 Å². The van der Waals surface area contributed by atoms with Crippen LogP contribution in [0.2, 0.25) is 0 Å². The van der Waals surface area contributed by atoms with Gasteiger partial charge in [-0.15, -0.1) is 0 Å². The van der Waals surface area contributed by atoms with E-state index < -0.39 is 0 Å². The lowest BCUT2D eigenvalue weighted by Gasteiger charge is -2.18. The van der Waals surface area contributed by atoms with Crippen LogP contribution in [0.1, 0.15) is 21.5 Å². The van der Waals surface area contributed by atoms with Gasteiger partial charge in [0.05, 0.1) is 0 Å². The van der Waals surface area contributed by atoms with Gasteiger partial charge < -0.3 is 4.90 Å². The van der Waals surface area contributed by atoms with Gasteiger partial charge in [0, 0.05) is 23.6 Å². The fraction of sp³-hybridized carbons (Fsp3) is 0.188. The molecule has 0 heterocycles. The molecule has 0 radical (unpaired) electrons. The first-order valence-electron chi connectivity index (χ1n) is 6.13. The Hall–Kier alpha value is -1.61. The average molecular weight is 318 g/mol. The summed E-state index contributed by atoms with van der Waals surface area (Å²) in [5.41, 5.74) is 2.89. The van der Waals surface area contributed by atoms with E-state index in [0.717, 1.165) is 21.2 Å². The van der Waals surface area contributed by atoms with Crippen LogP contribution in [0.4, 0.5) is 0 Å². The molecule has 0 bridgehead atoms. The molecule has 0 atom stereocenters. The van der Waals surface area contributed by atoms with Gasteiger partial charge in [-0.2, -0.15) is 0 Å². The Balaban J connectivity index is 2.12. The van der Waals surface area contributed by atoms with Crippen LogP contribution in [0.3, 0.4) is 0 Å². The van der Waals surface area contributed by atoms with Gasteiger partial charge in [0.15, 0.2) is 0 Å². The van der Waals surface area contributed by atoms with Gasteiger partial charge in [-0.3, -0.25) is 4.79 Å². The number of aryl methyl sites for hydroxylation is 1. The van der Waals surface area contributed by atoms with Crippen molar-refractivity contribution in [3.05, 3.63) is 69.7 Å². The van der Waals surface area contributed by atoms with E-state index in [0.29, 0.717) is 6.54 Å². The lowest BCUT2D eigenvalue weighted by molar-refractivity contribution is 0.0784. The van der Waals surface area contributed by atoms with Crippen LogP contribution in [0.15, 0.2) is 53.0 Å². The van der Waals surface area contributed by atoms with E-state index in [-0.39, 0.29) is 5.91 Å². The second-order valence-corrected chi connectivity index (χ2v) is 5.52. The topological polar surface area (TPSA) is 20.3 Å². The number of hydrogen-bond acceptors (Lipinski definition) is 1. The average Bonchev–Trinajstić information content (AvgIpc) is 2.41. The van der Waals surface area contributed by atoms with Crippen LogP contribution in [0.5, 0.6) is 0 Å². The maximum Gasteiger partial charge on any atom is 0.254 e. The number of halogens is 1. The summed E-state index contributed by atoms with van der Waals surface area (Å²) in [7, 11) is 1.83. The third-order valence-electron chi connectivity index (χ3n) is 3.06. The number of carbonyl (C=O) groups excluding carboxylic acids is 1. The lowest BCUT2D eigenvalue weighted by atomic mass is 10.1. The summed E-state index contributed by atoms with van der Waals surface area (Å²) < 4.78 is 1.05. The van der Waals surface area contributed by atoms with E-state index in [1.54, 1.807) is 4.90 Å². The van der Waals surface area contributed by atoms with Crippen molar-refractivity contribution in [1.82, 2.24) is 4.90 Å². The molecular formula is C16H16BrNO. The Labute approximate surface area is 122 Å². The predicted molar refractivity (Wildman–Crippen MR) is 81.1 cm³/mol.